The maximum Gasteiger partial charge on any atom is 0.331 e. The molecule has 0 fully saturated rings. The van der Waals surface area contributed by atoms with Crippen LogP contribution in [0.5, 0.6) is 0 Å². The zero-order valence-corrected chi connectivity index (χ0v) is 18.4. The average Bonchev–Trinajstić information content (AvgIpc) is 2.79. The Hall–Kier alpha value is -3.02. The van der Waals surface area contributed by atoms with Gasteiger partial charge in [-0.05, 0) is 55.5 Å². The molecule has 0 bridgehead atoms. The number of hydrogen-bond acceptors (Lipinski definition) is 5. The van der Waals surface area contributed by atoms with Gasteiger partial charge in [-0.15, -0.1) is 0 Å². The molecule has 0 spiro atoms. The summed E-state index contributed by atoms with van der Waals surface area (Å²) in [5.74, 6) is -0.803. The van der Waals surface area contributed by atoms with Gasteiger partial charge in [0.2, 0.25) is 0 Å². The maximum atomic E-state index is 13.5. The Balaban J connectivity index is 1.99. The van der Waals surface area contributed by atoms with Crippen molar-refractivity contribution in [3.63, 3.8) is 0 Å². The molecule has 3 aromatic rings. The molecule has 31 heavy (non-hydrogen) atoms. The van der Waals surface area contributed by atoms with Crippen LogP contribution in [0.4, 0.5) is 11.4 Å². The van der Waals surface area contributed by atoms with Gasteiger partial charge >= 0.3 is 5.97 Å². The molecule has 0 aromatic heterocycles. The predicted molar refractivity (Wildman–Crippen MR) is 125 cm³/mol. The Morgan fingerprint density at radius 1 is 0.774 bits per heavy atom. The van der Waals surface area contributed by atoms with E-state index in [0.29, 0.717) is 27.0 Å². The van der Waals surface area contributed by atoms with Crippen molar-refractivity contribution in [2.45, 2.75) is 19.0 Å². The fraction of sp³-hybridized carbons (Fsp3) is 0.167. The summed E-state index contributed by atoms with van der Waals surface area (Å²) in [5.41, 5.74) is 1.75. The number of Topliss-reactive ketones (excluding diaryl/α,β-unsaturated/α-hetero) is 1. The lowest BCUT2D eigenvalue weighted by Gasteiger charge is -2.28. The van der Waals surface area contributed by atoms with Gasteiger partial charge in [0.05, 0.1) is 6.61 Å². The van der Waals surface area contributed by atoms with Crippen LogP contribution in [0.25, 0.3) is 0 Å². The molecular formula is C24H22Cl2N2O3. The van der Waals surface area contributed by atoms with Gasteiger partial charge in [-0.3, -0.25) is 4.79 Å². The molecule has 0 amide bonds. The summed E-state index contributed by atoms with van der Waals surface area (Å²) >= 11 is 12.0. The van der Waals surface area contributed by atoms with Gasteiger partial charge in [-0.2, -0.15) is 0 Å². The molecule has 0 saturated heterocycles. The van der Waals surface area contributed by atoms with E-state index in [0.717, 1.165) is 0 Å². The number of carbonyl (C=O) groups is 2. The molecule has 7 heteroatoms. The first-order chi connectivity index (χ1) is 15.0. The number of ether oxygens (including phenoxy) is 1. The van der Waals surface area contributed by atoms with E-state index >= 15 is 0 Å². The molecule has 160 valence electrons. The fourth-order valence-electron chi connectivity index (χ4n) is 3.04. The Morgan fingerprint density at radius 2 is 1.26 bits per heavy atom. The van der Waals surface area contributed by atoms with Crippen LogP contribution in [-0.4, -0.2) is 30.4 Å². The van der Waals surface area contributed by atoms with Crippen LogP contribution >= 0.6 is 23.2 Å². The third-order valence-electron chi connectivity index (χ3n) is 4.55. The largest absolute Gasteiger partial charge is 0.464 e. The number of nitrogens with one attached hydrogen (secondary N) is 2. The highest BCUT2D eigenvalue weighted by molar-refractivity contribution is 6.30. The second kappa shape index (κ2) is 10.8. The summed E-state index contributed by atoms with van der Waals surface area (Å²) < 4.78 is 5.28. The van der Waals surface area contributed by atoms with Crippen molar-refractivity contribution in [2.75, 3.05) is 17.2 Å². The molecule has 0 aliphatic carbocycles. The molecule has 0 heterocycles. The van der Waals surface area contributed by atoms with Crippen LogP contribution in [0.15, 0.2) is 78.9 Å². The van der Waals surface area contributed by atoms with E-state index in [4.69, 9.17) is 27.9 Å². The van der Waals surface area contributed by atoms with Crippen molar-refractivity contribution < 1.29 is 14.3 Å². The smallest absolute Gasteiger partial charge is 0.331 e. The number of halogens is 2. The van der Waals surface area contributed by atoms with E-state index in [9.17, 15) is 9.59 Å². The molecule has 5 nitrogen and oxygen atoms in total. The first-order valence-corrected chi connectivity index (χ1v) is 10.5. The topological polar surface area (TPSA) is 67.4 Å². The van der Waals surface area contributed by atoms with E-state index in [1.54, 1.807) is 79.7 Å². The normalized spacial score (nSPS) is 12.5. The van der Waals surface area contributed by atoms with Gasteiger partial charge in [0.1, 0.15) is 6.04 Å². The molecule has 2 atom stereocenters. The summed E-state index contributed by atoms with van der Waals surface area (Å²) in [6, 6.07) is 20.6. The zero-order valence-electron chi connectivity index (χ0n) is 16.8. The van der Waals surface area contributed by atoms with Crippen molar-refractivity contribution in [1.29, 1.82) is 0 Å². The van der Waals surface area contributed by atoms with Crippen molar-refractivity contribution in [3.05, 3.63) is 94.5 Å². The predicted octanol–water partition coefficient (Wildman–Crippen LogP) is 5.70. The van der Waals surface area contributed by atoms with Crippen molar-refractivity contribution in [2.24, 2.45) is 0 Å². The third kappa shape index (κ3) is 6.23. The summed E-state index contributed by atoms with van der Waals surface area (Å²) in [6.45, 7) is 1.91. The highest BCUT2D eigenvalue weighted by Gasteiger charge is 2.35. The standard InChI is InChI=1S/C24H22Cl2N2O3/c1-2-31-24(30)22(28-20-14-10-18(26)11-15-20)21(23(29)16-6-4-3-5-7-16)27-19-12-8-17(25)9-13-19/h3-15,21-22,27-28H,2H2,1H3/t21-,22+/m0/s1. The Labute approximate surface area is 191 Å². The summed E-state index contributed by atoms with van der Waals surface area (Å²) in [4.78, 5) is 26.4. The maximum absolute atomic E-state index is 13.5. The Kier molecular flexibility index (Phi) is 7.93. The molecule has 0 radical (unpaired) electrons. The molecule has 0 aliphatic rings. The molecule has 3 aromatic carbocycles. The second-order valence-corrected chi connectivity index (χ2v) is 7.61. The lowest BCUT2D eigenvalue weighted by molar-refractivity contribution is -0.144. The van der Waals surface area contributed by atoms with Crippen LogP contribution in [-0.2, 0) is 9.53 Å². The first kappa shape index (κ1) is 22.7. The van der Waals surface area contributed by atoms with E-state index < -0.39 is 18.1 Å². The molecule has 0 aliphatic heterocycles. The monoisotopic (exact) mass is 456 g/mol. The second-order valence-electron chi connectivity index (χ2n) is 6.74. The lowest BCUT2D eigenvalue weighted by Crippen LogP contribution is -2.50. The zero-order chi connectivity index (χ0) is 22.2. The molecule has 0 saturated carbocycles. The lowest BCUT2D eigenvalue weighted by atomic mass is 9.96. The summed E-state index contributed by atoms with van der Waals surface area (Å²) in [6.07, 6.45) is 0. The Morgan fingerprint density at radius 3 is 1.74 bits per heavy atom. The number of hydrogen-bond donors (Lipinski definition) is 2. The van der Waals surface area contributed by atoms with Crippen LogP contribution in [0.3, 0.4) is 0 Å². The number of benzene rings is 3. The highest BCUT2D eigenvalue weighted by atomic mass is 35.5. The Bertz CT molecular complexity index is 1010. The van der Waals surface area contributed by atoms with Crippen molar-refractivity contribution >= 4 is 46.3 Å². The van der Waals surface area contributed by atoms with Gasteiger partial charge < -0.3 is 15.4 Å². The molecule has 2 N–H and O–H groups in total. The minimum atomic E-state index is -0.996. The minimum absolute atomic E-state index is 0.185. The van der Waals surface area contributed by atoms with Crippen molar-refractivity contribution in [1.82, 2.24) is 0 Å². The SMILES string of the molecule is CCOC(=O)[C@H](Nc1ccc(Cl)cc1)[C@H](Nc1ccc(Cl)cc1)C(=O)c1ccccc1. The van der Waals surface area contributed by atoms with Gasteiger partial charge in [-0.25, -0.2) is 4.79 Å². The molecular weight excluding hydrogens is 435 g/mol. The number of anilines is 2. The van der Waals surface area contributed by atoms with E-state index in [1.807, 2.05) is 6.07 Å². The number of ketones is 1. The van der Waals surface area contributed by atoms with E-state index in [2.05, 4.69) is 10.6 Å². The summed E-state index contributed by atoms with van der Waals surface area (Å²) in [5, 5.41) is 7.44. The number of rotatable bonds is 9. The van der Waals surface area contributed by atoms with Crippen LogP contribution in [0.1, 0.15) is 17.3 Å². The van der Waals surface area contributed by atoms with Gasteiger partial charge in [0.25, 0.3) is 0 Å². The highest BCUT2D eigenvalue weighted by Crippen LogP contribution is 2.21. The quantitative estimate of drug-likeness (QED) is 0.319. The van der Waals surface area contributed by atoms with Gasteiger partial charge in [-0.1, -0.05) is 53.5 Å². The molecule has 3 rings (SSSR count). The minimum Gasteiger partial charge on any atom is -0.464 e. The van der Waals surface area contributed by atoms with E-state index in [-0.39, 0.29) is 12.4 Å². The van der Waals surface area contributed by atoms with Gasteiger partial charge in [0.15, 0.2) is 11.8 Å². The number of carbonyl (C=O) groups excluding carboxylic acids is 2. The number of esters is 1. The fourth-order valence-corrected chi connectivity index (χ4v) is 3.30. The van der Waals surface area contributed by atoms with Crippen LogP contribution < -0.4 is 10.6 Å². The van der Waals surface area contributed by atoms with Crippen molar-refractivity contribution in [3.8, 4) is 0 Å². The van der Waals surface area contributed by atoms with E-state index in [1.165, 1.54) is 0 Å². The van der Waals surface area contributed by atoms with Crippen LogP contribution in [0.2, 0.25) is 10.0 Å². The van der Waals surface area contributed by atoms with Gasteiger partial charge in [0, 0.05) is 27.0 Å². The van der Waals surface area contributed by atoms with Crippen LogP contribution in [0, 0.1) is 0 Å². The summed E-state index contributed by atoms with van der Waals surface area (Å²) in [7, 11) is 0. The first-order valence-electron chi connectivity index (χ1n) is 9.78. The third-order valence-corrected chi connectivity index (χ3v) is 5.05. The molecule has 0 unspecified atom stereocenters. The average molecular weight is 457 g/mol.